The quantitative estimate of drug-likeness (QED) is 0.890. The molecule has 2 heterocycles. The molecule has 0 bridgehead atoms. The van der Waals surface area contributed by atoms with Crippen molar-refractivity contribution >= 4 is 27.8 Å². The lowest BCUT2D eigenvalue weighted by Gasteiger charge is -2.24. The summed E-state index contributed by atoms with van der Waals surface area (Å²) in [5.74, 6) is -0.208. The maximum absolute atomic E-state index is 10.7. The number of nitrogens with zero attached hydrogens (tertiary/aromatic N) is 3. The highest BCUT2D eigenvalue weighted by atomic mass is 79.9. The third kappa shape index (κ3) is 2.38. The molecule has 0 unspecified atom stereocenters. The van der Waals surface area contributed by atoms with Crippen LogP contribution < -0.4 is 4.90 Å². The third-order valence-electron chi connectivity index (χ3n) is 2.37. The topological polar surface area (TPSA) is 66.3 Å². The first-order valence-corrected chi connectivity index (χ1v) is 5.61. The molecular weight excluding hydrogens is 274 g/mol. The van der Waals surface area contributed by atoms with Gasteiger partial charge in [0.25, 0.3) is 0 Å². The zero-order chi connectivity index (χ0) is 11.5. The summed E-state index contributed by atoms with van der Waals surface area (Å²) in [4.78, 5) is 21.0. The molecule has 0 atom stereocenters. The Labute approximate surface area is 101 Å². The van der Waals surface area contributed by atoms with E-state index in [4.69, 9.17) is 5.11 Å². The molecule has 6 heteroatoms. The van der Waals surface area contributed by atoms with Crippen LogP contribution in [0.3, 0.4) is 0 Å². The lowest BCUT2D eigenvalue weighted by atomic mass is 10.1. The lowest BCUT2D eigenvalue weighted by molar-refractivity contribution is -0.132. The second-order valence-corrected chi connectivity index (χ2v) is 4.35. The fourth-order valence-corrected chi connectivity index (χ4v) is 1.72. The van der Waals surface area contributed by atoms with E-state index in [2.05, 4.69) is 25.9 Å². The van der Waals surface area contributed by atoms with Crippen molar-refractivity contribution in [2.45, 2.75) is 6.42 Å². The summed E-state index contributed by atoms with van der Waals surface area (Å²) in [6, 6.07) is 0. The van der Waals surface area contributed by atoms with Crippen LogP contribution in [0.2, 0.25) is 0 Å². The summed E-state index contributed by atoms with van der Waals surface area (Å²) in [6.45, 7) is 1.18. The fourth-order valence-electron chi connectivity index (χ4n) is 1.51. The van der Waals surface area contributed by atoms with Gasteiger partial charge in [0.15, 0.2) is 0 Å². The number of aliphatic carboxylic acids is 1. The molecule has 0 radical (unpaired) electrons. The fraction of sp³-hybridized carbons (Fsp3) is 0.300. The van der Waals surface area contributed by atoms with Crippen LogP contribution in [-0.2, 0) is 4.79 Å². The second-order valence-electron chi connectivity index (χ2n) is 3.43. The van der Waals surface area contributed by atoms with Gasteiger partial charge in [-0.2, -0.15) is 0 Å². The minimum atomic E-state index is -0.837. The van der Waals surface area contributed by atoms with Crippen molar-refractivity contribution in [2.24, 2.45) is 0 Å². The standard InChI is InChI=1S/C10H10BrN3O2/c11-8-5-12-10(13-6-8)14-3-1-7(2-4-14)9(15)16/h1,5-6H,2-4H2,(H,15,16). The molecule has 0 aromatic carbocycles. The highest BCUT2D eigenvalue weighted by Crippen LogP contribution is 2.16. The average molecular weight is 284 g/mol. The Morgan fingerprint density at radius 2 is 2.12 bits per heavy atom. The van der Waals surface area contributed by atoms with Crippen LogP contribution in [0.25, 0.3) is 0 Å². The Bertz CT molecular complexity index is 430. The summed E-state index contributed by atoms with van der Waals surface area (Å²) < 4.78 is 0.829. The van der Waals surface area contributed by atoms with E-state index in [0.29, 0.717) is 31.0 Å². The largest absolute Gasteiger partial charge is 0.478 e. The highest BCUT2D eigenvalue weighted by Gasteiger charge is 2.17. The molecule has 0 fully saturated rings. The number of carboxylic acids is 1. The van der Waals surface area contributed by atoms with Crippen molar-refractivity contribution in [3.8, 4) is 0 Å². The molecule has 1 aromatic rings. The van der Waals surface area contributed by atoms with Gasteiger partial charge in [0.1, 0.15) is 0 Å². The molecule has 0 saturated carbocycles. The van der Waals surface area contributed by atoms with Gasteiger partial charge in [-0.15, -0.1) is 0 Å². The van der Waals surface area contributed by atoms with Crippen LogP contribution in [0.5, 0.6) is 0 Å². The number of halogens is 1. The van der Waals surface area contributed by atoms with Gasteiger partial charge >= 0.3 is 5.97 Å². The molecule has 1 aliphatic heterocycles. The monoisotopic (exact) mass is 283 g/mol. The van der Waals surface area contributed by atoms with Crippen LogP contribution in [0.4, 0.5) is 5.95 Å². The van der Waals surface area contributed by atoms with Crippen molar-refractivity contribution < 1.29 is 9.90 Å². The first-order chi connectivity index (χ1) is 7.66. The van der Waals surface area contributed by atoms with Crippen molar-refractivity contribution in [1.82, 2.24) is 9.97 Å². The first kappa shape index (κ1) is 11.1. The van der Waals surface area contributed by atoms with Crippen LogP contribution in [0, 0.1) is 0 Å². The summed E-state index contributed by atoms with van der Waals surface area (Å²) in [5, 5.41) is 8.81. The van der Waals surface area contributed by atoms with E-state index < -0.39 is 5.97 Å². The van der Waals surface area contributed by atoms with E-state index in [9.17, 15) is 4.79 Å². The molecule has 1 N–H and O–H groups in total. The number of carboxylic acid groups (broad SMARTS) is 1. The second kappa shape index (κ2) is 4.61. The number of hydrogen-bond acceptors (Lipinski definition) is 4. The summed E-state index contributed by atoms with van der Waals surface area (Å²) in [5.41, 5.74) is 0.466. The van der Waals surface area contributed by atoms with Gasteiger partial charge in [0.2, 0.25) is 5.95 Å². The summed E-state index contributed by atoms with van der Waals surface area (Å²) in [6.07, 6.45) is 5.59. The summed E-state index contributed by atoms with van der Waals surface area (Å²) >= 11 is 3.26. The minimum Gasteiger partial charge on any atom is -0.478 e. The first-order valence-electron chi connectivity index (χ1n) is 4.81. The Hall–Kier alpha value is -1.43. The predicted octanol–water partition coefficient (Wildman–Crippen LogP) is 1.46. The van der Waals surface area contributed by atoms with Crippen LogP contribution in [0.1, 0.15) is 6.42 Å². The van der Waals surface area contributed by atoms with Crippen molar-refractivity contribution in [3.63, 3.8) is 0 Å². The Balaban J connectivity index is 2.09. The number of aromatic nitrogens is 2. The molecule has 0 spiro atoms. The SMILES string of the molecule is O=C(O)C1=CCN(c2ncc(Br)cn2)CC1. The number of carbonyl (C=O) groups is 1. The van der Waals surface area contributed by atoms with Crippen molar-refractivity contribution in [1.29, 1.82) is 0 Å². The maximum atomic E-state index is 10.7. The molecular formula is C10H10BrN3O2. The van der Waals surface area contributed by atoms with Crippen molar-refractivity contribution in [2.75, 3.05) is 18.0 Å². The number of rotatable bonds is 2. The number of hydrogen-bond donors (Lipinski definition) is 1. The molecule has 0 aliphatic carbocycles. The van der Waals surface area contributed by atoms with E-state index in [0.717, 1.165) is 4.47 Å². The van der Waals surface area contributed by atoms with Gasteiger partial charge in [-0.3, -0.25) is 0 Å². The van der Waals surface area contributed by atoms with Crippen LogP contribution in [-0.4, -0.2) is 34.1 Å². The molecule has 0 saturated heterocycles. The van der Waals surface area contributed by atoms with E-state index in [1.54, 1.807) is 18.5 Å². The normalized spacial score (nSPS) is 15.8. The predicted molar refractivity (Wildman–Crippen MR) is 62.3 cm³/mol. The third-order valence-corrected chi connectivity index (χ3v) is 2.78. The van der Waals surface area contributed by atoms with Gasteiger partial charge < -0.3 is 10.0 Å². The van der Waals surface area contributed by atoms with Gasteiger partial charge in [0.05, 0.1) is 4.47 Å². The lowest BCUT2D eigenvalue weighted by Crippen LogP contribution is -2.31. The molecule has 2 rings (SSSR count). The van der Waals surface area contributed by atoms with E-state index in [1.807, 2.05) is 4.90 Å². The zero-order valence-corrected chi connectivity index (χ0v) is 10.0. The molecule has 84 valence electrons. The van der Waals surface area contributed by atoms with E-state index in [-0.39, 0.29) is 0 Å². The Morgan fingerprint density at radius 3 is 2.62 bits per heavy atom. The summed E-state index contributed by atoms with van der Waals surface area (Å²) in [7, 11) is 0. The smallest absolute Gasteiger partial charge is 0.331 e. The maximum Gasteiger partial charge on any atom is 0.331 e. The van der Waals surface area contributed by atoms with Gasteiger partial charge in [-0.1, -0.05) is 6.08 Å². The molecule has 1 aliphatic rings. The molecule has 16 heavy (non-hydrogen) atoms. The van der Waals surface area contributed by atoms with Crippen molar-refractivity contribution in [3.05, 3.63) is 28.5 Å². The molecule has 1 aromatic heterocycles. The van der Waals surface area contributed by atoms with Gasteiger partial charge in [-0.05, 0) is 22.4 Å². The van der Waals surface area contributed by atoms with Crippen LogP contribution in [0.15, 0.2) is 28.5 Å². The molecule has 5 nitrogen and oxygen atoms in total. The number of anilines is 1. The highest BCUT2D eigenvalue weighted by molar-refractivity contribution is 9.10. The minimum absolute atomic E-state index is 0.466. The van der Waals surface area contributed by atoms with E-state index >= 15 is 0 Å². The Kier molecular flexibility index (Phi) is 3.19. The van der Waals surface area contributed by atoms with Gasteiger partial charge in [-0.25, -0.2) is 14.8 Å². The van der Waals surface area contributed by atoms with Crippen LogP contribution >= 0.6 is 15.9 Å². The molecule has 0 amide bonds. The Morgan fingerprint density at radius 1 is 1.44 bits per heavy atom. The van der Waals surface area contributed by atoms with E-state index in [1.165, 1.54) is 0 Å². The average Bonchev–Trinajstić information content (AvgIpc) is 2.30. The van der Waals surface area contributed by atoms with Gasteiger partial charge in [0, 0.05) is 31.1 Å². The zero-order valence-electron chi connectivity index (χ0n) is 8.43.